The number of likely N-dealkylation sites (N-methyl/N-ethyl adjacent to an activating group) is 1. The number of rotatable bonds is 5. The lowest BCUT2D eigenvalue weighted by Crippen LogP contribution is -2.49. The third-order valence-corrected chi connectivity index (χ3v) is 3.19. The predicted octanol–water partition coefficient (Wildman–Crippen LogP) is 2.68. The second-order valence-electron chi connectivity index (χ2n) is 4.86. The molecular formula is C14H21NO2. The minimum atomic E-state index is -0.834. The number of aliphatic carboxylic acids is 1. The van der Waals surface area contributed by atoms with Crippen molar-refractivity contribution in [3.05, 3.63) is 35.4 Å². The number of hydrogen-bond donors (Lipinski definition) is 1. The molecule has 3 nitrogen and oxygen atoms in total. The molecule has 1 rings (SSSR count). The van der Waals surface area contributed by atoms with Gasteiger partial charge in [0.25, 0.3) is 0 Å². The number of carboxylic acids is 1. The Kier molecular flexibility index (Phi) is 4.29. The second kappa shape index (κ2) is 5.32. The Morgan fingerprint density at radius 1 is 1.29 bits per heavy atom. The van der Waals surface area contributed by atoms with Crippen molar-refractivity contribution in [3.63, 3.8) is 0 Å². The zero-order valence-electron chi connectivity index (χ0n) is 11.0. The highest BCUT2D eigenvalue weighted by atomic mass is 16.4. The monoisotopic (exact) mass is 235 g/mol. The van der Waals surface area contributed by atoms with Gasteiger partial charge in [0, 0.05) is 6.54 Å². The van der Waals surface area contributed by atoms with E-state index in [1.807, 2.05) is 18.7 Å². The SMILES string of the molecule is CCN(Cc1ccc(C)cc1)C(C)(C)C(=O)O. The van der Waals surface area contributed by atoms with Crippen molar-refractivity contribution in [2.75, 3.05) is 6.54 Å². The van der Waals surface area contributed by atoms with E-state index in [2.05, 4.69) is 24.3 Å². The van der Waals surface area contributed by atoms with Gasteiger partial charge in [-0.15, -0.1) is 0 Å². The normalized spacial score (nSPS) is 11.8. The Morgan fingerprint density at radius 2 is 1.82 bits per heavy atom. The first-order chi connectivity index (χ1) is 7.87. The van der Waals surface area contributed by atoms with Crippen LogP contribution in [0.1, 0.15) is 31.9 Å². The molecule has 0 aliphatic heterocycles. The molecule has 0 saturated carbocycles. The van der Waals surface area contributed by atoms with E-state index < -0.39 is 11.5 Å². The average molecular weight is 235 g/mol. The van der Waals surface area contributed by atoms with Crippen LogP contribution >= 0.6 is 0 Å². The van der Waals surface area contributed by atoms with Crippen molar-refractivity contribution in [1.82, 2.24) is 4.90 Å². The fraction of sp³-hybridized carbons (Fsp3) is 0.500. The average Bonchev–Trinajstić information content (AvgIpc) is 2.27. The summed E-state index contributed by atoms with van der Waals surface area (Å²) in [4.78, 5) is 13.2. The molecule has 1 aromatic rings. The van der Waals surface area contributed by atoms with Gasteiger partial charge in [0.15, 0.2) is 0 Å². The number of hydrogen-bond acceptors (Lipinski definition) is 2. The van der Waals surface area contributed by atoms with Crippen LogP contribution in [0.25, 0.3) is 0 Å². The van der Waals surface area contributed by atoms with Gasteiger partial charge >= 0.3 is 5.97 Å². The Balaban J connectivity index is 2.83. The lowest BCUT2D eigenvalue weighted by atomic mass is 10.0. The summed E-state index contributed by atoms with van der Waals surface area (Å²) in [5.74, 6) is -0.786. The first-order valence-corrected chi connectivity index (χ1v) is 5.92. The van der Waals surface area contributed by atoms with Crippen molar-refractivity contribution in [1.29, 1.82) is 0 Å². The minimum Gasteiger partial charge on any atom is -0.480 e. The fourth-order valence-electron chi connectivity index (χ4n) is 1.75. The topological polar surface area (TPSA) is 40.5 Å². The largest absolute Gasteiger partial charge is 0.480 e. The summed E-state index contributed by atoms with van der Waals surface area (Å²) < 4.78 is 0. The molecule has 0 fully saturated rings. The van der Waals surface area contributed by atoms with E-state index >= 15 is 0 Å². The quantitative estimate of drug-likeness (QED) is 0.853. The van der Waals surface area contributed by atoms with Gasteiger partial charge in [0.2, 0.25) is 0 Å². The van der Waals surface area contributed by atoms with Gasteiger partial charge in [0.1, 0.15) is 5.54 Å². The molecule has 0 spiro atoms. The molecule has 0 radical (unpaired) electrons. The third-order valence-electron chi connectivity index (χ3n) is 3.19. The first-order valence-electron chi connectivity index (χ1n) is 5.92. The van der Waals surface area contributed by atoms with E-state index in [1.54, 1.807) is 13.8 Å². The van der Waals surface area contributed by atoms with Crippen LogP contribution in [0.4, 0.5) is 0 Å². The molecule has 3 heteroatoms. The Bertz CT molecular complexity index is 382. The number of nitrogens with zero attached hydrogens (tertiary/aromatic N) is 1. The summed E-state index contributed by atoms with van der Waals surface area (Å²) in [6.45, 7) is 8.89. The van der Waals surface area contributed by atoms with Crippen LogP contribution in [-0.2, 0) is 11.3 Å². The number of carbonyl (C=O) groups is 1. The number of carboxylic acid groups (broad SMARTS) is 1. The summed E-state index contributed by atoms with van der Waals surface area (Å²) >= 11 is 0. The summed E-state index contributed by atoms with van der Waals surface area (Å²) in [7, 11) is 0. The van der Waals surface area contributed by atoms with Crippen molar-refractivity contribution in [2.24, 2.45) is 0 Å². The zero-order chi connectivity index (χ0) is 13.1. The summed E-state index contributed by atoms with van der Waals surface area (Å²) in [5, 5.41) is 9.22. The molecule has 1 N–H and O–H groups in total. The molecule has 0 heterocycles. The van der Waals surface area contributed by atoms with Gasteiger partial charge in [-0.3, -0.25) is 9.69 Å². The summed E-state index contributed by atoms with van der Waals surface area (Å²) in [6, 6.07) is 8.21. The summed E-state index contributed by atoms with van der Waals surface area (Å²) in [5.41, 5.74) is 1.53. The predicted molar refractivity (Wildman–Crippen MR) is 69.0 cm³/mol. The Labute approximate surface area is 103 Å². The van der Waals surface area contributed by atoms with Crippen LogP contribution in [-0.4, -0.2) is 28.1 Å². The molecule has 0 aliphatic carbocycles. The van der Waals surface area contributed by atoms with E-state index in [-0.39, 0.29) is 0 Å². The molecule has 0 aliphatic rings. The molecule has 0 amide bonds. The maximum absolute atomic E-state index is 11.2. The van der Waals surface area contributed by atoms with Gasteiger partial charge in [0.05, 0.1) is 0 Å². The van der Waals surface area contributed by atoms with E-state index in [4.69, 9.17) is 0 Å². The van der Waals surface area contributed by atoms with Crippen molar-refractivity contribution in [2.45, 2.75) is 39.8 Å². The van der Waals surface area contributed by atoms with Gasteiger partial charge in [-0.1, -0.05) is 36.8 Å². The Morgan fingerprint density at radius 3 is 2.24 bits per heavy atom. The molecule has 0 bridgehead atoms. The van der Waals surface area contributed by atoms with E-state index in [0.717, 1.165) is 5.56 Å². The Hall–Kier alpha value is -1.35. The van der Waals surface area contributed by atoms with Gasteiger partial charge in [-0.25, -0.2) is 0 Å². The van der Waals surface area contributed by atoms with Crippen LogP contribution in [0.5, 0.6) is 0 Å². The zero-order valence-corrected chi connectivity index (χ0v) is 11.0. The lowest BCUT2D eigenvalue weighted by molar-refractivity contribution is -0.149. The third kappa shape index (κ3) is 3.30. The highest BCUT2D eigenvalue weighted by Crippen LogP contribution is 2.18. The smallest absolute Gasteiger partial charge is 0.323 e. The lowest BCUT2D eigenvalue weighted by Gasteiger charge is -2.34. The van der Waals surface area contributed by atoms with E-state index in [9.17, 15) is 9.90 Å². The van der Waals surface area contributed by atoms with E-state index in [0.29, 0.717) is 13.1 Å². The summed E-state index contributed by atoms with van der Waals surface area (Å²) in [6.07, 6.45) is 0. The second-order valence-corrected chi connectivity index (χ2v) is 4.86. The first kappa shape index (κ1) is 13.7. The van der Waals surface area contributed by atoms with E-state index in [1.165, 1.54) is 5.56 Å². The van der Waals surface area contributed by atoms with Crippen molar-refractivity contribution < 1.29 is 9.90 Å². The molecule has 0 unspecified atom stereocenters. The van der Waals surface area contributed by atoms with Gasteiger partial charge in [-0.05, 0) is 32.9 Å². The van der Waals surface area contributed by atoms with Gasteiger partial charge < -0.3 is 5.11 Å². The molecule has 0 saturated heterocycles. The van der Waals surface area contributed by atoms with Crippen LogP contribution in [0.15, 0.2) is 24.3 Å². The molecule has 94 valence electrons. The standard InChI is InChI=1S/C14H21NO2/c1-5-15(14(3,4)13(16)17)10-12-8-6-11(2)7-9-12/h6-9H,5,10H2,1-4H3,(H,16,17). The maximum atomic E-state index is 11.2. The van der Waals surface area contributed by atoms with Crippen molar-refractivity contribution >= 4 is 5.97 Å². The number of benzene rings is 1. The molecule has 1 aromatic carbocycles. The highest BCUT2D eigenvalue weighted by molar-refractivity contribution is 5.77. The maximum Gasteiger partial charge on any atom is 0.323 e. The van der Waals surface area contributed by atoms with Crippen molar-refractivity contribution in [3.8, 4) is 0 Å². The highest BCUT2D eigenvalue weighted by Gasteiger charge is 2.33. The number of aryl methyl sites for hydroxylation is 1. The van der Waals surface area contributed by atoms with Crippen LogP contribution in [0.2, 0.25) is 0 Å². The van der Waals surface area contributed by atoms with Crippen LogP contribution in [0.3, 0.4) is 0 Å². The molecular weight excluding hydrogens is 214 g/mol. The molecule has 0 atom stereocenters. The molecule has 0 aromatic heterocycles. The van der Waals surface area contributed by atoms with Gasteiger partial charge in [-0.2, -0.15) is 0 Å². The fourth-order valence-corrected chi connectivity index (χ4v) is 1.75. The molecule has 17 heavy (non-hydrogen) atoms. The van der Waals surface area contributed by atoms with Crippen LogP contribution < -0.4 is 0 Å². The van der Waals surface area contributed by atoms with Crippen LogP contribution in [0, 0.1) is 6.92 Å². The minimum absolute atomic E-state index is 0.663.